The van der Waals surface area contributed by atoms with Gasteiger partial charge in [-0.2, -0.15) is 9.78 Å². The van der Waals surface area contributed by atoms with E-state index in [0.29, 0.717) is 17.4 Å². The van der Waals surface area contributed by atoms with Crippen LogP contribution in [-0.2, 0) is 0 Å². The predicted molar refractivity (Wildman–Crippen MR) is 123 cm³/mol. The average Bonchev–Trinajstić information content (AvgIpc) is 3.14. The molecule has 0 unspecified atom stereocenters. The van der Waals surface area contributed by atoms with Crippen LogP contribution >= 0.6 is 11.8 Å². The van der Waals surface area contributed by atoms with Crippen molar-refractivity contribution in [1.29, 1.82) is 0 Å². The molecule has 0 spiro atoms. The molecule has 0 saturated carbocycles. The molecular formula is C25H22N2O4S. The van der Waals surface area contributed by atoms with E-state index in [0.717, 1.165) is 21.2 Å². The quantitative estimate of drug-likeness (QED) is 0.346. The molecule has 0 saturated heterocycles. The summed E-state index contributed by atoms with van der Waals surface area (Å²) in [5, 5.41) is 4.66. The number of para-hydroxylation sites is 2. The molecule has 7 heteroatoms. The summed E-state index contributed by atoms with van der Waals surface area (Å²) in [5.41, 5.74) is 1.81. The molecule has 6 nitrogen and oxygen atoms in total. The highest BCUT2D eigenvalue weighted by Gasteiger charge is 2.25. The molecule has 0 radical (unpaired) electrons. The SMILES string of the molecule is COc1cccc(C(=O)Oc2c(Sc3ccccc3)c(C)nn2-c2ccccc2)c1OC. The van der Waals surface area contributed by atoms with Gasteiger partial charge in [0.15, 0.2) is 11.5 Å². The third-order valence-corrected chi connectivity index (χ3v) is 5.92. The van der Waals surface area contributed by atoms with Gasteiger partial charge in [0, 0.05) is 4.90 Å². The fourth-order valence-electron chi connectivity index (χ4n) is 3.24. The van der Waals surface area contributed by atoms with Crippen LogP contribution in [0.15, 0.2) is 88.7 Å². The minimum absolute atomic E-state index is 0.265. The number of methoxy groups -OCH3 is 2. The van der Waals surface area contributed by atoms with E-state index in [1.54, 1.807) is 22.9 Å². The van der Waals surface area contributed by atoms with Crippen molar-refractivity contribution < 1.29 is 19.0 Å². The molecule has 4 rings (SSSR count). The first-order valence-electron chi connectivity index (χ1n) is 9.93. The molecule has 32 heavy (non-hydrogen) atoms. The van der Waals surface area contributed by atoms with Gasteiger partial charge < -0.3 is 14.2 Å². The average molecular weight is 447 g/mol. The van der Waals surface area contributed by atoms with E-state index in [2.05, 4.69) is 5.10 Å². The lowest BCUT2D eigenvalue weighted by Crippen LogP contribution is -2.14. The van der Waals surface area contributed by atoms with Crippen molar-refractivity contribution in [2.75, 3.05) is 14.2 Å². The number of aromatic nitrogens is 2. The predicted octanol–water partition coefficient (Wildman–Crippen LogP) is 5.57. The van der Waals surface area contributed by atoms with Gasteiger partial charge in [-0.25, -0.2) is 4.79 Å². The lowest BCUT2D eigenvalue weighted by Gasteiger charge is -2.13. The van der Waals surface area contributed by atoms with Gasteiger partial charge in [-0.3, -0.25) is 0 Å². The molecule has 0 N–H and O–H groups in total. The molecular weight excluding hydrogens is 424 g/mol. The summed E-state index contributed by atoms with van der Waals surface area (Å²) in [6.07, 6.45) is 0. The number of hydrogen-bond donors (Lipinski definition) is 0. The molecule has 1 heterocycles. The second-order valence-corrected chi connectivity index (χ2v) is 7.90. The highest BCUT2D eigenvalue weighted by atomic mass is 32.2. The number of nitrogens with zero attached hydrogens (tertiary/aromatic N) is 2. The summed E-state index contributed by atoms with van der Waals surface area (Å²) < 4.78 is 18.3. The van der Waals surface area contributed by atoms with Crippen LogP contribution in [-0.4, -0.2) is 30.0 Å². The summed E-state index contributed by atoms with van der Waals surface area (Å²) >= 11 is 1.49. The van der Waals surface area contributed by atoms with Gasteiger partial charge in [0.2, 0.25) is 5.88 Å². The Balaban J connectivity index is 1.79. The van der Waals surface area contributed by atoms with Gasteiger partial charge in [-0.15, -0.1) is 0 Å². The summed E-state index contributed by atoms with van der Waals surface area (Å²) in [7, 11) is 3.01. The van der Waals surface area contributed by atoms with E-state index in [9.17, 15) is 4.79 Å². The van der Waals surface area contributed by atoms with Crippen molar-refractivity contribution in [3.8, 4) is 23.1 Å². The molecule has 0 amide bonds. The van der Waals surface area contributed by atoms with E-state index in [1.165, 1.54) is 26.0 Å². The number of aryl methyl sites for hydroxylation is 1. The van der Waals surface area contributed by atoms with E-state index < -0.39 is 5.97 Å². The topological polar surface area (TPSA) is 62.6 Å². The van der Waals surface area contributed by atoms with Crippen molar-refractivity contribution in [2.45, 2.75) is 16.7 Å². The summed E-state index contributed by atoms with van der Waals surface area (Å²) in [6, 6.07) is 24.5. The van der Waals surface area contributed by atoms with Gasteiger partial charge in [0.05, 0.1) is 30.5 Å². The smallest absolute Gasteiger partial charge is 0.348 e. The van der Waals surface area contributed by atoms with Crippen LogP contribution in [0.3, 0.4) is 0 Å². The Bertz CT molecular complexity index is 1220. The van der Waals surface area contributed by atoms with Crippen molar-refractivity contribution in [3.63, 3.8) is 0 Å². The zero-order valence-electron chi connectivity index (χ0n) is 17.9. The lowest BCUT2D eigenvalue weighted by atomic mass is 10.2. The van der Waals surface area contributed by atoms with Crippen LogP contribution in [0.25, 0.3) is 5.69 Å². The van der Waals surface area contributed by atoms with Crippen molar-refractivity contribution in [2.24, 2.45) is 0 Å². The van der Waals surface area contributed by atoms with Crippen LogP contribution in [0.2, 0.25) is 0 Å². The van der Waals surface area contributed by atoms with Crippen LogP contribution in [0.1, 0.15) is 16.1 Å². The van der Waals surface area contributed by atoms with Crippen molar-refractivity contribution in [3.05, 3.63) is 90.1 Å². The third kappa shape index (κ3) is 4.33. The molecule has 0 aliphatic heterocycles. The van der Waals surface area contributed by atoms with Crippen molar-refractivity contribution >= 4 is 17.7 Å². The number of rotatable bonds is 7. The van der Waals surface area contributed by atoms with Crippen LogP contribution in [0, 0.1) is 6.92 Å². The Morgan fingerprint density at radius 3 is 2.22 bits per heavy atom. The first kappa shape index (κ1) is 21.5. The largest absolute Gasteiger partial charge is 0.493 e. The standard InChI is InChI=1S/C25H22N2O4S/c1-17-23(32-19-13-8-5-9-14-19)24(27(26-17)18-11-6-4-7-12-18)31-25(28)20-15-10-16-21(29-2)22(20)30-3/h4-16H,1-3H3. The zero-order chi connectivity index (χ0) is 22.5. The fourth-order valence-corrected chi connectivity index (χ4v) is 4.17. The molecule has 0 bridgehead atoms. The maximum absolute atomic E-state index is 13.3. The third-order valence-electron chi connectivity index (χ3n) is 4.74. The number of carbonyl (C=O) groups is 1. The number of esters is 1. The Labute approximate surface area is 190 Å². The van der Waals surface area contributed by atoms with Gasteiger partial charge >= 0.3 is 5.97 Å². The normalized spacial score (nSPS) is 10.6. The fraction of sp³-hybridized carbons (Fsp3) is 0.120. The first-order valence-corrected chi connectivity index (χ1v) is 10.7. The van der Waals surface area contributed by atoms with Gasteiger partial charge in [-0.1, -0.05) is 54.2 Å². The molecule has 0 atom stereocenters. The van der Waals surface area contributed by atoms with E-state index >= 15 is 0 Å². The molecule has 4 aromatic rings. The van der Waals surface area contributed by atoms with Crippen molar-refractivity contribution in [1.82, 2.24) is 9.78 Å². The zero-order valence-corrected chi connectivity index (χ0v) is 18.8. The van der Waals surface area contributed by atoms with E-state index in [-0.39, 0.29) is 5.56 Å². The van der Waals surface area contributed by atoms with Crippen LogP contribution in [0.4, 0.5) is 0 Å². The Morgan fingerprint density at radius 2 is 1.56 bits per heavy atom. The number of hydrogen-bond acceptors (Lipinski definition) is 6. The Hall–Kier alpha value is -3.71. The number of ether oxygens (including phenoxy) is 3. The Morgan fingerprint density at radius 1 is 0.875 bits per heavy atom. The monoisotopic (exact) mass is 446 g/mol. The molecule has 162 valence electrons. The van der Waals surface area contributed by atoms with Crippen LogP contribution in [0.5, 0.6) is 17.4 Å². The minimum Gasteiger partial charge on any atom is -0.493 e. The van der Waals surface area contributed by atoms with E-state index in [1.807, 2.05) is 67.6 Å². The van der Waals surface area contributed by atoms with Crippen LogP contribution < -0.4 is 14.2 Å². The maximum Gasteiger partial charge on any atom is 0.348 e. The molecule has 0 aliphatic carbocycles. The molecule has 3 aromatic carbocycles. The Kier molecular flexibility index (Phi) is 6.47. The second-order valence-electron chi connectivity index (χ2n) is 6.81. The van der Waals surface area contributed by atoms with Gasteiger partial charge in [-0.05, 0) is 43.3 Å². The number of carbonyl (C=O) groups excluding carboxylic acids is 1. The van der Waals surface area contributed by atoms with E-state index in [4.69, 9.17) is 14.2 Å². The first-order chi connectivity index (χ1) is 15.6. The molecule has 1 aromatic heterocycles. The molecule has 0 aliphatic rings. The highest BCUT2D eigenvalue weighted by molar-refractivity contribution is 7.99. The second kappa shape index (κ2) is 9.62. The summed E-state index contributed by atoms with van der Waals surface area (Å²) in [4.78, 5) is 15.0. The lowest BCUT2D eigenvalue weighted by molar-refractivity contribution is 0.0714. The molecule has 0 fully saturated rings. The van der Waals surface area contributed by atoms with Gasteiger partial charge in [0.1, 0.15) is 5.56 Å². The summed E-state index contributed by atoms with van der Waals surface area (Å²) in [6.45, 7) is 1.90. The van der Waals surface area contributed by atoms with Gasteiger partial charge in [0.25, 0.3) is 0 Å². The maximum atomic E-state index is 13.3. The number of benzene rings is 3. The highest BCUT2D eigenvalue weighted by Crippen LogP contribution is 2.40. The minimum atomic E-state index is -0.562. The summed E-state index contributed by atoms with van der Waals surface area (Å²) in [5.74, 6) is 0.554.